The zero-order valence-corrected chi connectivity index (χ0v) is 14.0. The minimum Gasteiger partial charge on any atom is -0.380 e. The third-order valence-corrected chi connectivity index (χ3v) is 5.20. The van der Waals surface area contributed by atoms with Gasteiger partial charge in [-0.25, -0.2) is 18.7 Å². The molecule has 1 aromatic rings. The van der Waals surface area contributed by atoms with Gasteiger partial charge in [0.1, 0.15) is 12.0 Å². The van der Waals surface area contributed by atoms with Crippen LogP contribution in [-0.4, -0.2) is 76.5 Å². The van der Waals surface area contributed by atoms with E-state index in [9.17, 15) is 13.6 Å². The highest BCUT2D eigenvalue weighted by molar-refractivity contribution is 5.92. The van der Waals surface area contributed by atoms with E-state index < -0.39 is 5.92 Å². The van der Waals surface area contributed by atoms with Crippen molar-refractivity contribution in [3.63, 3.8) is 0 Å². The van der Waals surface area contributed by atoms with Crippen LogP contribution >= 0.6 is 0 Å². The first kappa shape index (κ1) is 16.8. The van der Waals surface area contributed by atoms with Crippen molar-refractivity contribution in [2.24, 2.45) is 5.92 Å². The first-order chi connectivity index (χ1) is 12.0. The number of hydrogen-bond acceptors (Lipinski definition) is 5. The predicted molar refractivity (Wildman–Crippen MR) is 85.3 cm³/mol. The smallest absolute Gasteiger partial charge is 0.272 e. The fourth-order valence-electron chi connectivity index (χ4n) is 3.57. The van der Waals surface area contributed by atoms with Crippen molar-refractivity contribution in [1.82, 2.24) is 19.8 Å². The Labute approximate surface area is 145 Å². The molecule has 25 heavy (non-hydrogen) atoms. The van der Waals surface area contributed by atoms with Crippen molar-refractivity contribution >= 4 is 5.91 Å². The molecule has 3 heterocycles. The predicted octanol–water partition coefficient (Wildman–Crippen LogP) is 1.44. The van der Waals surface area contributed by atoms with E-state index in [-0.39, 0.29) is 31.0 Å². The highest BCUT2D eigenvalue weighted by Crippen LogP contribution is 2.36. The lowest BCUT2D eigenvalue weighted by Gasteiger charge is -2.45. The van der Waals surface area contributed by atoms with E-state index in [1.54, 1.807) is 11.0 Å². The second-order valence-corrected chi connectivity index (χ2v) is 7.33. The molecule has 2 saturated heterocycles. The molecule has 8 heteroatoms. The Hall–Kier alpha value is -1.67. The Morgan fingerprint density at radius 1 is 1.32 bits per heavy atom. The molecule has 6 nitrogen and oxygen atoms in total. The van der Waals surface area contributed by atoms with E-state index in [1.807, 2.05) is 4.90 Å². The van der Waals surface area contributed by atoms with Gasteiger partial charge in [0.05, 0.1) is 13.2 Å². The van der Waals surface area contributed by atoms with Gasteiger partial charge in [-0.15, -0.1) is 0 Å². The lowest BCUT2D eigenvalue weighted by atomic mass is 10.1. The standard InChI is InChI=1S/C17H22F2N4O2/c18-17(19)5-13(9-25-8-12-1-2-12)23(10-17)14-6-22(7-14)16(24)15-3-4-20-11-21-15/h3-4,11-14H,1-2,5-10H2/t13-/m0/s1. The summed E-state index contributed by atoms with van der Waals surface area (Å²) in [6.45, 7) is 1.70. The van der Waals surface area contributed by atoms with E-state index in [4.69, 9.17) is 4.74 Å². The minimum absolute atomic E-state index is 0.0336. The van der Waals surface area contributed by atoms with Gasteiger partial charge in [-0.05, 0) is 24.8 Å². The average molecular weight is 352 g/mol. The molecule has 3 fully saturated rings. The zero-order chi connectivity index (χ0) is 17.4. The van der Waals surface area contributed by atoms with Gasteiger partial charge in [-0.2, -0.15) is 0 Å². The van der Waals surface area contributed by atoms with Crippen LogP contribution < -0.4 is 0 Å². The van der Waals surface area contributed by atoms with Crippen molar-refractivity contribution in [3.05, 3.63) is 24.3 Å². The fourth-order valence-corrected chi connectivity index (χ4v) is 3.57. The molecule has 1 aromatic heterocycles. The number of nitrogens with zero attached hydrogens (tertiary/aromatic N) is 4. The molecule has 1 atom stereocenters. The topological polar surface area (TPSA) is 58.6 Å². The van der Waals surface area contributed by atoms with E-state index in [0.29, 0.717) is 37.9 Å². The summed E-state index contributed by atoms with van der Waals surface area (Å²) in [5.74, 6) is -2.23. The number of ether oxygens (including phenoxy) is 1. The van der Waals surface area contributed by atoms with Gasteiger partial charge in [-0.3, -0.25) is 9.69 Å². The van der Waals surface area contributed by atoms with Crippen molar-refractivity contribution in [2.75, 3.05) is 32.8 Å². The van der Waals surface area contributed by atoms with Crippen molar-refractivity contribution in [1.29, 1.82) is 0 Å². The number of alkyl halides is 2. The summed E-state index contributed by atoms with van der Waals surface area (Å²) in [6.07, 6.45) is 5.07. The summed E-state index contributed by atoms with van der Waals surface area (Å²) in [4.78, 5) is 23.5. The molecule has 0 radical (unpaired) electrons. The summed E-state index contributed by atoms with van der Waals surface area (Å²) >= 11 is 0. The molecule has 0 N–H and O–H groups in total. The summed E-state index contributed by atoms with van der Waals surface area (Å²) in [5.41, 5.74) is 0.338. The Morgan fingerprint density at radius 3 is 2.80 bits per heavy atom. The van der Waals surface area contributed by atoms with Crippen LogP contribution in [0.2, 0.25) is 0 Å². The number of carbonyl (C=O) groups is 1. The molecule has 0 aromatic carbocycles. The molecule has 4 rings (SSSR count). The lowest BCUT2D eigenvalue weighted by molar-refractivity contribution is -0.0158. The van der Waals surface area contributed by atoms with Crippen molar-refractivity contribution < 1.29 is 18.3 Å². The number of rotatable bonds is 6. The van der Waals surface area contributed by atoms with Crippen LogP contribution in [0.5, 0.6) is 0 Å². The molecule has 2 aliphatic heterocycles. The summed E-state index contributed by atoms with van der Waals surface area (Å²) in [5, 5.41) is 0. The second kappa shape index (κ2) is 6.57. The first-order valence-corrected chi connectivity index (χ1v) is 8.78. The molecule has 3 aliphatic rings. The molecule has 0 spiro atoms. The van der Waals surface area contributed by atoms with Gasteiger partial charge >= 0.3 is 0 Å². The maximum atomic E-state index is 13.9. The van der Waals surface area contributed by atoms with E-state index >= 15 is 0 Å². The number of halogens is 2. The van der Waals surface area contributed by atoms with Crippen molar-refractivity contribution in [2.45, 2.75) is 37.3 Å². The van der Waals surface area contributed by atoms with Gasteiger partial charge < -0.3 is 9.64 Å². The SMILES string of the molecule is O=C(c1ccncn1)N1CC(N2CC(F)(F)C[C@H]2COCC2CC2)C1. The van der Waals surface area contributed by atoms with Crippen LogP contribution in [-0.2, 0) is 4.74 Å². The molecular formula is C17H22F2N4O2. The third-order valence-electron chi connectivity index (χ3n) is 5.20. The quantitative estimate of drug-likeness (QED) is 0.775. The van der Waals surface area contributed by atoms with E-state index in [1.165, 1.54) is 25.4 Å². The van der Waals surface area contributed by atoms with Gasteiger partial charge in [-0.1, -0.05) is 0 Å². The fraction of sp³-hybridized carbons (Fsp3) is 0.706. The van der Waals surface area contributed by atoms with Gasteiger partial charge in [0.15, 0.2) is 0 Å². The van der Waals surface area contributed by atoms with Gasteiger partial charge in [0.25, 0.3) is 11.8 Å². The van der Waals surface area contributed by atoms with Gasteiger partial charge in [0, 0.05) is 44.4 Å². The Balaban J connectivity index is 1.32. The monoisotopic (exact) mass is 352 g/mol. The Bertz CT molecular complexity index is 620. The molecule has 1 aliphatic carbocycles. The lowest BCUT2D eigenvalue weighted by Crippen LogP contribution is -2.62. The minimum atomic E-state index is -2.68. The third kappa shape index (κ3) is 3.79. The maximum absolute atomic E-state index is 13.9. The summed E-state index contributed by atoms with van der Waals surface area (Å²) < 4.78 is 33.4. The van der Waals surface area contributed by atoms with Crippen LogP contribution in [0.4, 0.5) is 8.78 Å². The highest BCUT2D eigenvalue weighted by atomic mass is 19.3. The van der Waals surface area contributed by atoms with Crippen LogP contribution in [0.25, 0.3) is 0 Å². The normalized spacial score (nSPS) is 26.6. The van der Waals surface area contributed by atoms with Crippen LogP contribution in [0.15, 0.2) is 18.6 Å². The molecular weight excluding hydrogens is 330 g/mol. The summed E-state index contributed by atoms with van der Waals surface area (Å²) in [6, 6.07) is 1.26. The van der Waals surface area contributed by atoms with Crippen LogP contribution in [0.3, 0.4) is 0 Å². The molecule has 1 amide bonds. The highest BCUT2D eigenvalue weighted by Gasteiger charge is 2.50. The van der Waals surface area contributed by atoms with E-state index in [2.05, 4.69) is 9.97 Å². The van der Waals surface area contributed by atoms with Crippen LogP contribution in [0.1, 0.15) is 29.8 Å². The number of hydrogen-bond donors (Lipinski definition) is 0. The van der Waals surface area contributed by atoms with Crippen LogP contribution in [0, 0.1) is 5.92 Å². The molecule has 0 bridgehead atoms. The second-order valence-electron chi connectivity index (χ2n) is 7.33. The van der Waals surface area contributed by atoms with E-state index in [0.717, 1.165) is 0 Å². The Morgan fingerprint density at radius 2 is 2.12 bits per heavy atom. The zero-order valence-electron chi connectivity index (χ0n) is 14.0. The summed E-state index contributed by atoms with van der Waals surface area (Å²) in [7, 11) is 0. The number of aromatic nitrogens is 2. The molecule has 0 unspecified atom stereocenters. The van der Waals surface area contributed by atoms with Gasteiger partial charge in [0.2, 0.25) is 0 Å². The molecule has 1 saturated carbocycles. The van der Waals surface area contributed by atoms with Crippen molar-refractivity contribution in [3.8, 4) is 0 Å². The largest absolute Gasteiger partial charge is 0.380 e. The molecule has 136 valence electrons. The number of likely N-dealkylation sites (tertiary alicyclic amines) is 2. The number of amides is 1. The Kier molecular flexibility index (Phi) is 4.41. The average Bonchev–Trinajstić information content (AvgIpc) is 3.31. The first-order valence-electron chi connectivity index (χ1n) is 8.78. The maximum Gasteiger partial charge on any atom is 0.272 e. The number of carbonyl (C=O) groups excluding carboxylic acids is 1.